The summed E-state index contributed by atoms with van der Waals surface area (Å²) in [6.07, 6.45) is 2.98. The van der Waals surface area contributed by atoms with Crippen LogP contribution in [-0.2, 0) is 17.6 Å². The topological polar surface area (TPSA) is 38.3 Å². The Kier molecular flexibility index (Phi) is 7.17. The number of rotatable bonds is 7. The van der Waals surface area contributed by atoms with E-state index in [4.69, 9.17) is 4.74 Å². The van der Waals surface area contributed by atoms with Gasteiger partial charge in [0.1, 0.15) is 12.4 Å². The van der Waals surface area contributed by atoms with Crippen molar-refractivity contribution in [1.29, 1.82) is 0 Å². The molecule has 0 saturated carbocycles. The number of allylic oxidation sites excluding steroid dienone is 1. The van der Waals surface area contributed by atoms with Crippen molar-refractivity contribution >= 4 is 5.91 Å². The average molecular weight is 319 g/mol. The Morgan fingerprint density at radius 3 is 2.62 bits per heavy atom. The summed E-state index contributed by atoms with van der Waals surface area (Å²) in [6, 6.07) is 17.5. The summed E-state index contributed by atoms with van der Waals surface area (Å²) >= 11 is 0. The van der Waals surface area contributed by atoms with Gasteiger partial charge in [-0.2, -0.15) is 0 Å². The van der Waals surface area contributed by atoms with Gasteiger partial charge in [0, 0.05) is 0 Å². The fraction of sp³-hybridized carbons (Fsp3) is 0.190. The molecule has 0 atom stereocenters. The molecular weight excluding hydrogens is 298 g/mol. The van der Waals surface area contributed by atoms with Crippen LogP contribution in [0.5, 0.6) is 5.75 Å². The zero-order valence-electron chi connectivity index (χ0n) is 13.6. The van der Waals surface area contributed by atoms with E-state index in [2.05, 4.69) is 23.7 Å². The monoisotopic (exact) mass is 319 g/mol. The van der Waals surface area contributed by atoms with E-state index in [0.717, 1.165) is 23.3 Å². The summed E-state index contributed by atoms with van der Waals surface area (Å²) in [4.78, 5) is 11.8. The second-order valence-corrected chi connectivity index (χ2v) is 5.18. The highest BCUT2D eigenvalue weighted by Gasteiger charge is 2.01. The number of ether oxygens (including phenoxy) is 1. The normalized spacial score (nSPS) is 9.50. The van der Waals surface area contributed by atoms with Crippen LogP contribution in [0.3, 0.4) is 0 Å². The SMILES string of the molecule is C=CCc1ccccc1OCC#CCNC(=O)Cc1ccccc1. The van der Waals surface area contributed by atoms with E-state index in [0.29, 0.717) is 19.6 Å². The van der Waals surface area contributed by atoms with E-state index in [-0.39, 0.29) is 5.91 Å². The molecule has 3 heteroatoms. The molecule has 2 aromatic rings. The molecule has 0 unspecified atom stereocenters. The molecule has 1 N–H and O–H groups in total. The number of amides is 1. The van der Waals surface area contributed by atoms with Gasteiger partial charge in [-0.15, -0.1) is 6.58 Å². The number of carbonyl (C=O) groups is 1. The van der Waals surface area contributed by atoms with Crippen molar-refractivity contribution in [3.8, 4) is 17.6 Å². The van der Waals surface area contributed by atoms with Crippen LogP contribution in [0.25, 0.3) is 0 Å². The minimum Gasteiger partial charge on any atom is -0.481 e. The highest BCUT2D eigenvalue weighted by Crippen LogP contribution is 2.18. The van der Waals surface area contributed by atoms with Crippen LogP contribution in [-0.4, -0.2) is 19.1 Å². The first kappa shape index (κ1) is 17.4. The lowest BCUT2D eigenvalue weighted by Gasteiger charge is -2.07. The summed E-state index contributed by atoms with van der Waals surface area (Å²) in [5, 5.41) is 2.78. The largest absolute Gasteiger partial charge is 0.481 e. The van der Waals surface area contributed by atoms with Crippen LogP contribution in [0, 0.1) is 11.8 Å². The minimum atomic E-state index is -0.0345. The molecule has 24 heavy (non-hydrogen) atoms. The molecule has 2 rings (SSSR count). The van der Waals surface area contributed by atoms with Crippen LogP contribution in [0.15, 0.2) is 67.3 Å². The summed E-state index contributed by atoms with van der Waals surface area (Å²) < 4.78 is 5.66. The van der Waals surface area contributed by atoms with Crippen molar-refractivity contribution in [1.82, 2.24) is 5.32 Å². The van der Waals surface area contributed by atoms with Gasteiger partial charge in [0.05, 0.1) is 13.0 Å². The summed E-state index contributed by atoms with van der Waals surface area (Å²) in [5.74, 6) is 6.59. The molecule has 0 fully saturated rings. The predicted molar refractivity (Wildman–Crippen MR) is 96.8 cm³/mol. The van der Waals surface area contributed by atoms with E-state index >= 15 is 0 Å². The second-order valence-electron chi connectivity index (χ2n) is 5.18. The van der Waals surface area contributed by atoms with Gasteiger partial charge in [0.2, 0.25) is 5.91 Å². The van der Waals surface area contributed by atoms with Crippen LogP contribution in [0.2, 0.25) is 0 Å². The average Bonchev–Trinajstić information content (AvgIpc) is 2.60. The molecule has 0 aliphatic carbocycles. The zero-order valence-corrected chi connectivity index (χ0v) is 13.6. The number of nitrogens with one attached hydrogen (secondary N) is 1. The third-order valence-corrected chi connectivity index (χ3v) is 3.34. The van der Waals surface area contributed by atoms with E-state index in [1.54, 1.807) is 0 Å². The minimum absolute atomic E-state index is 0.0345. The van der Waals surface area contributed by atoms with E-state index in [1.165, 1.54) is 0 Å². The first-order chi connectivity index (χ1) is 11.8. The maximum Gasteiger partial charge on any atom is 0.225 e. The number of hydrogen-bond acceptors (Lipinski definition) is 2. The molecule has 0 heterocycles. The number of carbonyl (C=O) groups excluding carboxylic acids is 1. The van der Waals surface area contributed by atoms with Crippen molar-refractivity contribution in [3.05, 3.63) is 78.4 Å². The van der Waals surface area contributed by atoms with Gasteiger partial charge in [-0.1, -0.05) is 66.4 Å². The van der Waals surface area contributed by atoms with Gasteiger partial charge < -0.3 is 10.1 Å². The Hall–Kier alpha value is -2.99. The molecule has 122 valence electrons. The van der Waals surface area contributed by atoms with Crippen molar-refractivity contribution < 1.29 is 9.53 Å². The van der Waals surface area contributed by atoms with Crippen LogP contribution in [0.4, 0.5) is 0 Å². The standard InChI is InChI=1S/C21H21NO2/c1-2-10-19-13-6-7-14-20(19)24-16-9-8-15-22-21(23)17-18-11-4-3-5-12-18/h2-7,11-14H,1,10,15-17H2,(H,22,23). The molecule has 0 aliphatic heterocycles. The Balaban J connectivity index is 1.71. The van der Waals surface area contributed by atoms with Gasteiger partial charge in [-0.05, 0) is 23.6 Å². The van der Waals surface area contributed by atoms with Crippen LogP contribution < -0.4 is 10.1 Å². The second kappa shape index (κ2) is 9.91. The Labute approximate surface area is 143 Å². The van der Waals surface area contributed by atoms with E-state index in [1.807, 2.05) is 60.7 Å². The van der Waals surface area contributed by atoms with Crippen molar-refractivity contribution in [2.45, 2.75) is 12.8 Å². The van der Waals surface area contributed by atoms with Crippen molar-refractivity contribution in [2.75, 3.05) is 13.2 Å². The zero-order chi connectivity index (χ0) is 17.0. The molecular formula is C21H21NO2. The summed E-state index contributed by atoms with van der Waals surface area (Å²) in [7, 11) is 0. The van der Waals surface area contributed by atoms with Crippen LogP contribution >= 0.6 is 0 Å². The number of hydrogen-bond donors (Lipinski definition) is 1. The van der Waals surface area contributed by atoms with Crippen LogP contribution in [0.1, 0.15) is 11.1 Å². The van der Waals surface area contributed by atoms with Crippen molar-refractivity contribution in [2.24, 2.45) is 0 Å². The van der Waals surface area contributed by atoms with Gasteiger partial charge in [-0.25, -0.2) is 0 Å². The molecule has 1 amide bonds. The van der Waals surface area contributed by atoms with Gasteiger partial charge in [0.15, 0.2) is 0 Å². The lowest BCUT2D eigenvalue weighted by Crippen LogP contribution is -2.25. The lowest BCUT2D eigenvalue weighted by atomic mass is 10.1. The number of para-hydroxylation sites is 1. The van der Waals surface area contributed by atoms with Crippen molar-refractivity contribution in [3.63, 3.8) is 0 Å². The molecule has 2 aromatic carbocycles. The Morgan fingerprint density at radius 2 is 1.83 bits per heavy atom. The summed E-state index contributed by atoms with van der Waals surface area (Å²) in [6.45, 7) is 4.36. The fourth-order valence-corrected chi connectivity index (χ4v) is 2.18. The Morgan fingerprint density at radius 1 is 1.08 bits per heavy atom. The number of benzene rings is 2. The molecule has 0 bridgehead atoms. The van der Waals surface area contributed by atoms with E-state index in [9.17, 15) is 4.79 Å². The van der Waals surface area contributed by atoms with Gasteiger partial charge >= 0.3 is 0 Å². The van der Waals surface area contributed by atoms with Gasteiger partial charge in [0.25, 0.3) is 0 Å². The summed E-state index contributed by atoms with van der Waals surface area (Å²) in [5.41, 5.74) is 2.08. The molecule has 0 aliphatic rings. The molecule has 0 aromatic heterocycles. The molecule has 0 saturated heterocycles. The first-order valence-corrected chi connectivity index (χ1v) is 7.87. The third-order valence-electron chi connectivity index (χ3n) is 3.34. The quantitative estimate of drug-likeness (QED) is 0.629. The maximum absolute atomic E-state index is 11.8. The fourth-order valence-electron chi connectivity index (χ4n) is 2.18. The van der Waals surface area contributed by atoms with E-state index < -0.39 is 0 Å². The van der Waals surface area contributed by atoms with Gasteiger partial charge in [-0.3, -0.25) is 4.79 Å². The lowest BCUT2D eigenvalue weighted by molar-refractivity contribution is -0.120. The molecule has 0 spiro atoms. The third kappa shape index (κ3) is 6.02. The smallest absolute Gasteiger partial charge is 0.225 e. The Bertz CT molecular complexity index is 726. The highest BCUT2D eigenvalue weighted by atomic mass is 16.5. The predicted octanol–water partition coefficient (Wildman–Crippen LogP) is 3.16. The highest BCUT2D eigenvalue weighted by molar-refractivity contribution is 5.78. The molecule has 0 radical (unpaired) electrons. The molecule has 3 nitrogen and oxygen atoms in total. The maximum atomic E-state index is 11.8. The first-order valence-electron chi connectivity index (χ1n) is 7.87.